The van der Waals surface area contributed by atoms with Gasteiger partial charge in [0, 0.05) is 30.3 Å². The number of hydrogen-bond donors (Lipinski definition) is 1. The van der Waals surface area contributed by atoms with Crippen molar-refractivity contribution in [2.75, 3.05) is 18.0 Å². The molecule has 4 nitrogen and oxygen atoms in total. The van der Waals surface area contributed by atoms with Crippen LogP contribution in [0.5, 0.6) is 11.5 Å². The van der Waals surface area contributed by atoms with Crippen molar-refractivity contribution in [1.82, 2.24) is 0 Å². The maximum absolute atomic E-state index is 13.1. The summed E-state index contributed by atoms with van der Waals surface area (Å²) in [6.07, 6.45) is -1.96. The minimum Gasteiger partial charge on any atom is -0.457 e. The molecule has 1 N–H and O–H groups in total. The second-order valence-corrected chi connectivity index (χ2v) is 7.63. The molecule has 7 heteroatoms. The summed E-state index contributed by atoms with van der Waals surface area (Å²) in [4.78, 5) is 13.5. The van der Waals surface area contributed by atoms with Crippen LogP contribution in [0.4, 0.5) is 18.9 Å². The van der Waals surface area contributed by atoms with Crippen LogP contribution < -0.4 is 9.64 Å². The largest absolute Gasteiger partial charge is 0.457 e. The Balaban J connectivity index is 1.86. The molecule has 0 saturated carbocycles. The van der Waals surface area contributed by atoms with E-state index >= 15 is 0 Å². The predicted octanol–water partition coefficient (Wildman–Crippen LogP) is 5.83. The summed E-state index contributed by atoms with van der Waals surface area (Å²) in [7, 11) is 0. The molecule has 170 valence electrons. The van der Waals surface area contributed by atoms with E-state index < -0.39 is 18.8 Å². The molecule has 0 aromatic heterocycles. The average molecular weight is 445 g/mol. The van der Waals surface area contributed by atoms with Crippen molar-refractivity contribution >= 4 is 11.5 Å². The third kappa shape index (κ3) is 6.47. The number of hydrogen-bond acceptors (Lipinski definition) is 4. The number of benzene rings is 2. The van der Waals surface area contributed by atoms with Gasteiger partial charge in [0.1, 0.15) is 11.5 Å². The van der Waals surface area contributed by atoms with Crippen LogP contribution in [-0.2, 0) is 4.79 Å². The number of aliphatic hydroxyl groups is 1. The van der Waals surface area contributed by atoms with Gasteiger partial charge >= 0.3 is 6.18 Å². The number of ketones is 1. The first kappa shape index (κ1) is 23.6. The molecule has 2 aromatic carbocycles. The molecule has 0 bridgehead atoms. The molecule has 0 radical (unpaired) electrons. The van der Waals surface area contributed by atoms with Crippen LogP contribution in [0.1, 0.15) is 26.2 Å². The monoisotopic (exact) mass is 445 g/mol. The number of carbonyl (C=O) groups is 1. The molecule has 0 heterocycles. The van der Waals surface area contributed by atoms with Gasteiger partial charge in [0.2, 0.25) is 0 Å². The lowest BCUT2D eigenvalue weighted by molar-refractivity contribution is -0.200. The fourth-order valence-corrected chi connectivity index (χ4v) is 3.47. The lowest BCUT2D eigenvalue weighted by atomic mass is 9.95. The Kier molecular flexibility index (Phi) is 7.75. The Morgan fingerprint density at radius 2 is 1.84 bits per heavy atom. The zero-order chi connectivity index (χ0) is 23.1. The second kappa shape index (κ2) is 10.5. The van der Waals surface area contributed by atoms with E-state index in [-0.39, 0.29) is 12.3 Å². The highest BCUT2D eigenvalue weighted by atomic mass is 19.4. The summed E-state index contributed by atoms with van der Waals surface area (Å²) in [5.41, 5.74) is 1.92. The normalized spacial score (nSPS) is 14.9. The Labute approximate surface area is 185 Å². The zero-order valence-corrected chi connectivity index (χ0v) is 17.8. The lowest BCUT2D eigenvalue weighted by Crippen LogP contribution is -2.42. The first-order valence-electron chi connectivity index (χ1n) is 10.5. The number of aliphatic hydroxyl groups excluding tert-OH is 1. The van der Waals surface area contributed by atoms with Crippen molar-refractivity contribution in [3.8, 4) is 11.5 Å². The number of carbonyl (C=O) groups excluding carboxylic acids is 1. The summed E-state index contributed by atoms with van der Waals surface area (Å²) in [5, 5.41) is 9.75. The molecular formula is C25H26F3NO3. The molecule has 1 atom stereocenters. The number of allylic oxidation sites excluding steroid dienone is 3. The number of rotatable bonds is 9. The maximum Gasteiger partial charge on any atom is 0.416 e. The van der Waals surface area contributed by atoms with Crippen molar-refractivity contribution in [3.05, 3.63) is 77.9 Å². The molecule has 32 heavy (non-hydrogen) atoms. The van der Waals surface area contributed by atoms with E-state index in [1.807, 2.05) is 24.3 Å². The van der Waals surface area contributed by atoms with Gasteiger partial charge in [0.15, 0.2) is 11.9 Å². The Bertz CT molecular complexity index is 983. The first-order valence-corrected chi connectivity index (χ1v) is 10.5. The van der Waals surface area contributed by atoms with E-state index in [1.165, 1.54) is 4.90 Å². The summed E-state index contributed by atoms with van der Waals surface area (Å²) in [5.74, 6) is 1.08. The number of anilines is 1. The van der Waals surface area contributed by atoms with Gasteiger partial charge < -0.3 is 14.7 Å². The number of alkyl halides is 3. The molecule has 0 aliphatic heterocycles. The third-order valence-corrected chi connectivity index (χ3v) is 5.16. The van der Waals surface area contributed by atoms with Gasteiger partial charge in [0.25, 0.3) is 0 Å². The number of para-hydroxylation sites is 1. The van der Waals surface area contributed by atoms with Crippen molar-refractivity contribution in [1.29, 1.82) is 0 Å². The number of halogens is 3. The van der Waals surface area contributed by atoms with Crippen LogP contribution in [-0.4, -0.2) is 36.3 Å². The van der Waals surface area contributed by atoms with Gasteiger partial charge in [-0.3, -0.25) is 4.79 Å². The van der Waals surface area contributed by atoms with Gasteiger partial charge in [-0.1, -0.05) is 43.3 Å². The predicted molar refractivity (Wildman–Crippen MR) is 118 cm³/mol. The van der Waals surface area contributed by atoms with E-state index in [0.717, 1.165) is 5.57 Å². The van der Waals surface area contributed by atoms with E-state index in [0.29, 0.717) is 42.0 Å². The number of nitrogens with zero attached hydrogens (tertiary/aromatic N) is 1. The average Bonchev–Trinajstić information content (AvgIpc) is 2.78. The highest BCUT2D eigenvalue weighted by molar-refractivity contribution is 5.98. The van der Waals surface area contributed by atoms with Crippen molar-refractivity contribution in [2.24, 2.45) is 0 Å². The van der Waals surface area contributed by atoms with Gasteiger partial charge in [-0.25, -0.2) is 0 Å². The molecule has 1 aliphatic rings. The maximum atomic E-state index is 13.1. The summed E-state index contributed by atoms with van der Waals surface area (Å²) >= 11 is 0. The van der Waals surface area contributed by atoms with Crippen LogP contribution in [0.3, 0.4) is 0 Å². The SMILES string of the molecule is CCC(=O)C1=CCCC(CN(C[C@H](O)C(F)(F)F)c2cccc(Oc3ccccc3)c2)=C1. The first-order chi connectivity index (χ1) is 15.3. The van der Waals surface area contributed by atoms with Crippen LogP contribution in [0.2, 0.25) is 0 Å². The van der Waals surface area contributed by atoms with Crippen LogP contribution >= 0.6 is 0 Å². The van der Waals surface area contributed by atoms with E-state index in [9.17, 15) is 23.1 Å². The fourth-order valence-electron chi connectivity index (χ4n) is 3.47. The standard InChI is InChI=1S/C25H26F3NO3/c1-2-23(30)19-9-6-8-18(14-19)16-29(17-24(31)25(26,27)28)20-10-7-13-22(15-20)32-21-11-4-3-5-12-21/h3-5,7,9-15,24,31H,2,6,8,16-17H2,1H3/t24-/m0/s1. The molecule has 3 rings (SSSR count). The van der Waals surface area contributed by atoms with Crippen molar-refractivity contribution in [2.45, 2.75) is 38.5 Å². The minimum atomic E-state index is -4.74. The topological polar surface area (TPSA) is 49.8 Å². The van der Waals surface area contributed by atoms with Gasteiger partial charge in [-0.05, 0) is 42.7 Å². The van der Waals surface area contributed by atoms with Crippen molar-refractivity contribution < 1.29 is 27.8 Å². The molecule has 0 fully saturated rings. The quantitative estimate of drug-likeness (QED) is 0.527. The minimum absolute atomic E-state index is 0.00216. The van der Waals surface area contributed by atoms with Gasteiger partial charge in [-0.15, -0.1) is 0 Å². The Morgan fingerprint density at radius 1 is 1.12 bits per heavy atom. The van der Waals surface area contributed by atoms with Gasteiger partial charge in [0.05, 0.1) is 6.54 Å². The Hall–Kier alpha value is -3.06. The van der Waals surface area contributed by atoms with E-state index in [2.05, 4.69) is 0 Å². The molecule has 0 unspecified atom stereocenters. The van der Waals surface area contributed by atoms with E-state index in [1.54, 1.807) is 49.4 Å². The summed E-state index contributed by atoms with van der Waals surface area (Å²) in [6.45, 7) is 1.31. The highest BCUT2D eigenvalue weighted by Crippen LogP contribution is 2.30. The Morgan fingerprint density at radius 3 is 2.53 bits per heavy atom. The smallest absolute Gasteiger partial charge is 0.416 e. The van der Waals surface area contributed by atoms with Gasteiger partial charge in [-0.2, -0.15) is 13.2 Å². The molecule has 0 saturated heterocycles. The van der Waals surface area contributed by atoms with Crippen LogP contribution in [0.25, 0.3) is 0 Å². The summed E-state index contributed by atoms with van der Waals surface area (Å²) < 4.78 is 45.2. The lowest BCUT2D eigenvalue weighted by Gasteiger charge is -2.30. The van der Waals surface area contributed by atoms with Crippen LogP contribution in [0.15, 0.2) is 77.9 Å². The second-order valence-electron chi connectivity index (χ2n) is 7.63. The highest BCUT2D eigenvalue weighted by Gasteiger charge is 2.39. The molecular weight excluding hydrogens is 419 g/mol. The molecule has 1 aliphatic carbocycles. The van der Waals surface area contributed by atoms with Crippen molar-refractivity contribution in [3.63, 3.8) is 0 Å². The number of Topliss-reactive ketones (excluding diaryl/α,β-unsaturated/α-hetero) is 1. The number of ether oxygens (including phenoxy) is 1. The fraction of sp³-hybridized carbons (Fsp3) is 0.320. The summed E-state index contributed by atoms with van der Waals surface area (Å²) in [6, 6.07) is 15.8. The zero-order valence-electron chi connectivity index (χ0n) is 17.8. The third-order valence-electron chi connectivity index (χ3n) is 5.16. The molecule has 2 aromatic rings. The molecule has 0 spiro atoms. The van der Waals surface area contributed by atoms with E-state index in [4.69, 9.17) is 4.74 Å². The van der Waals surface area contributed by atoms with Crippen LogP contribution in [0, 0.1) is 0 Å². The molecule has 0 amide bonds.